The molecule has 2 nitrogen and oxygen atoms in total. The summed E-state index contributed by atoms with van der Waals surface area (Å²) >= 11 is 0. The van der Waals surface area contributed by atoms with E-state index in [0.717, 1.165) is 25.1 Å². The maximum absolute atomic E-state index is 12.2. The van der Waals surface area contributed by atoms with Crippen LogP contribution in [-0.4, -0.2) is 23.8 Å². The van der Waals surface area contributed by atoms with Crippen molar-refractivity contribution < 1.29 is 4.79 Å². The Morgan fingerprint density at radius 1 is 0.950 bits per heavy atom. The van der Waals surface area contributed by atoms with E-state index < -0.39 is 0 Å². The molecule has 0 radical (unpaired) electrons. The van der Waals surface area contributed by atoms with Gasteiger partial charge in [-0.3, -0.25) is 9.69 Å². The van der Waals surface area contributed by atoms with Gasteiger partial charge in [0.15, 0.2) is 5.78 Å². The van der Waals surface area contributed by atoms with Gasteiger partial charge in [-0.15, -0.1) is 0 Å². The molecule has 2 heteroatoms. The zero-order valence-corrected chi connectivity index (χ0v) is 11.6. The maximum atomic E-state index is 12.2. The molecule has 0 saturated carbocycles. The predicted molar refractivity (Wildman–Crippen MR) is 80.6 cm³/mol. The lowest BCUT2D eigenvalue weighted by Crippen LogP contribution is -2.35. The van der Waals surface area contributed by atoms with Crippen LogP contribution in [0.4, 0.5) is 0 Å². The summed E-state index contributed by atoms with van der Waals surface area (Å²) < 4.78 is 0. The topological polar surface area (TPSA) is 20.3 Å². The van der Waals surface area contributed by atoms with E-state index in [2.05, 4.69) is 29.2 Å². The predicted octanol–water partition coefficient (Wildman–Crippen LogP) is 2.86. The van der Waals surface area contributed by atoms with Crippen molar-refractivity contribution >= 4 is 5.78 Å². The van der Waals surface area contributed by atoms with Crippen LogP contribution in [-0.2, 0) is 24.2 Å². The van der Waals surface area contributed by atoms with Crippen LogP contribution in [0, 0.1) is 0 Å². The minimum absolute atomic E-state index is 0.301. The van der Waals surface area contributed by atoms with Gasteiger partial charge in [0.2, 0.25) is 0 Å². The molecule has 0 bridgehead atoms. The van der Waals surface area contributed by atoms with E-state index in [9.17, 15) is 4.79 Å². The van der Waals surface area contributed by atoms with E-state index in [-0.39, 0.29) is 0 Å². The zero-order valence-electron chi connectivity index (χ0n) is 11.6. The number of hydrogen-bond acceptors (Lipinski definition) is 2. The van der Waals surface area contributed by atoms with Crippen LogP contribution in [0.25, 0.3) is 0 Å². The molecule has 1 aliphatic rings. The molecule has 0 N–H and O–H groups in total. The second-order valence-electron chi connectivity index (χ2n) is 5.43. The number of hydrogen-bond donors (Lipinski definition) is 0. The highest BCUT2D eigenvalue weighted by Crippen LogP contribution is 2.18. The Labute approximate surface area is 120 Å². The highest BCUT2D eigenvalue weighted by molar-refractivity contribution is 5.82. The third-order valence-corrected chi connectivity index (χ3v) is 3.85. The van der Waals surface area contributed by atoms with Crippen LogP contribution in [0.15, 0.2) is 54.6 Å². The SMILES string of the molecule is O=C(Cc1ccccc1)CN1CCc2ccccc2C1. The number of fused-ring (bicyclic) bond motifs is 1. The van der Waals surface area contributed by atoms with E-state index >= 15 is 0 Å². The molecule has 1 aliphatic heterocycles. The Morgan fingerprint density at radius 2 is 1.65 bits per heavy atom. The summed E-state index contributed by atoms with van der Waals surface area (Å²) in [6.07, 6.45) is 1.59. The second-order valence-corrected chi connectivity index (χ2v) is 5.43. The van der Waals surface area contributed by atoms with Gasteiger partial charge >= 0.3 is 0 Å². The smallest absolute Gasteiger partial charge is 0.151 e. The fourth-order valence-corrected chi connectivity index (χ4v) is 2.82. The van der Waals surface area contributed by atoms with Gasteiger partial charge < -0.3 is 0 Å². The van der Waals surface area contributed by atoms with Crippen molar-refractivity contribution in [1.82, 2.24) is 4.90 Å². The van der Waals surface area contributed by atoms with Crippen molar-refractivity contribution in [2.45, 2.75) is 19.4 Å². The molecular weight excluding hydrogens is 246 g/mol. The lowest BCUT2D eigenvalue weighted by Gasteiger charge is -2.28. The van der Waals surface area contributed by atoms with Crippen LogP contribution in [0.2, 0.25) is 0 Å². The van der Waals surface area contributed by atoms with Gasteiger partial charge in [-0.1, -0.05) is 54.6 Å². The number of carbonyl (C=O) groups is 1. The standard InChI is InChI=1S/C18H19NO/c20-18(12-15-6-2-1-3-7-15)14-19-11-10-16-8-4-5-9-17(16)13-19/h1-9H,10-14H2. The van der Waals surface area contributed by atoms with E-state index in [1.807, 2.05) is 30.3 Å². The normalized spacial score (nSPS) is 14.8. The van der Waals surface area contributed by atoms with Crippen molar-refractivity contribution in [3.05, 3.63) is 71.3 Å². The summed E-state index contributed by atoms with van der Waals surface area (Å²) in [6.45, 7) is 2.44. The van der Waals surface area contributed by atoms with Crippen molar-refractivity contribution in [3.63, 3.8) is 0 Å². The number of Topliss-reactive ketones (excluding diaryl/α,β-unsaturated/α-hetero) is 1. The van der Waals surface area contributed by atoms with Crippen molar-refractivity contribution in [2.75, 3.05) is 13.1 Å². The average Bonchev–Trinajstić information content (AvgIpc) is 2.48. The fraction of sp³-hybridized carbons (Fsp3) is 0.278. The highest BCUT2D eigenvalue weighted by atomic mass is 16.1. The molecule has 0 saturated heterocycles. The fourth-order valence-electron chi connectivity index (χ4n) is 2.82. The van der Waals surface area contributed by atoms with Crippen LogP contribution >= 0.6 is 0 Å². The molecule has 2 aromatic rings. The molecule has 20 heavy (non-hydrogen) atoms. The number of ketones is 1. The third kappa shape index (κ3) is 3.14. The summed E-state index contributed by atoms with van der Waals surface area (Å²) in [4.78, 5) is 14.4. The maximum Gasteiger partial charge on any atom is 0.151 e. The van der Waals surface area contributed by atoms with Gasteiger partial charge in [0.05, 0.1) is 6.54 Å². The first-order valence-corrected chi connectivity index (χ1v) is 7.16. The first kappa shape index (κ1) is 13.1. The summed E-state index contributed by atoms with van der Waals surface area (Å²) in [6, 6.07) is 18.5. The molecule has 0 amide bonds. The van der Waals surface area contributed by atoms with Gasteiger partial charge in [0, 0.05) is 19.5 Å². The monoisotopic (exact) mass is 265 g/mol. The lowest BCUT2D eigenvalue weighted by molar-refractivity contribution is -0.119. The average molecular weight is 265 g/mol. The van der Waals surface area contributed by atoms with Crippen LogP contribution in [0.1, 0.15) is 16.7 Å². The first-order chi connectivity index (χ1) is 9.81. The highest BCUT2D eigenvalue weighted by Gasteiger charge is 2.17. The number of benzene rings is 2. The van der Waals surface area contributed by atoms with Gasteiger partial charge in [0.1, 0.15) is 0 Å². The van der Waals surface area contributed by atoms with E-state index in [1.165, 1.54) is 11.1 Å². The largest absolute Gasteiger partial charge is 0.298 e. The molecule has 0 spiro atoms. The zero-order chi connectivity index (χ0) is 13.8. The molecule has 102 valence electrons. The van der Waals surface area contributed by atoms with Gasteiger partial charge in [-0.25, -0.2) is 0 Å². The minimum atomic E-state index is 0.301. The molecular formula is C18H19NO. The lowest BCUT2D eigenvalue weighted by atomic mass is 9.99. The van der Waals surface area contributed by atoms with Crippen LogP contribution < -0.4 is 0 Å². The molecule has 3 rings (SSSR count). The summed E-state index contributed by atoms with van der Waals surface area (Å²) in [7, 11) is 0. The Morgan fingerprint density at radius 3 is 2.45 bits per heavy atom. The molecule has 0 fully saturated rings. The van der Waals surface area contributed by atoms with E-state index in [4.69, 9.17) is 0 Å². The number of nitrogens with zero attached hydrogens (tertiary/aromatic N) is 1. The Balaban J connectivity index is 1.58. The van der Waals surface area contributed by atoms with Gasteiger partial charge in [0.25, 0.3) is 0 Å². The molecule has 0 atom stereocenters. The first-order valence-electron chi connectivity index (χ1n) is 7.16. The molecule has 0 unspecified atom stereocenters. The molecule has 0 aromatic heterocycles. The van der Waals surface area contributed by atoms with Gasteiger partial charge in [-0.2, -0.15) is 0 Å². The second kappa shape index (κ2) is 6.02. The number of rotatable bonds is 4. The molecule has 0 aliphatic carbocycles. The van der Waals surface area contributed by atoms with Crippen LogP contribution in [0.5, 0.6) is 0 Å². The molecule has 1 heterocycles. The van der Waals surface area contributed by atoms with Gasteiger partial charge in [-0.05, 0) is 23.1 Å². The summed E-state index contributed by atoms with van der Waals surface area (Å²) in [5, 5.41) is 0. The van der Waals surface area contributed by atoms with Crippen LogP contribution in [0.3, 0.4) is 0 Å². The summed E-state index contributed by atoms with van der Waals surface area (Å²) in [5.74, 6) is 0.301. The summed E-state index contributed by atoms with van der Waals surface area (Å²) in [5.41, 5.74) is 3.90. The molecule has 2 aromatic carbocycles. The minimum Gasteiger partial charge on any atom is -0.298 e. The van der Waals surface area contributed by atoms with Crippen molar-refractivity contribution in [1.29, 1.82) is 0 Å². The quantitative estimate of drug-likeness (QED) is 0.847. The Bertz CT molecular complexity index is 591. The van der Waals surface area contributed by atoms with Crippen molar-refractivity contribution in [3.8, 4) is 0 Å². The Kier molecular flexibility index (Phi) is 3.93. The van der Waals surface area contributed by atoms with E-state index in [0.29, 0.717) is 18.7 Å². The van der Waals surface area contributed by atoms with Crippen molar-refractivity contribution in [2.24, 2.45) is 0 Å². The number of carbonyl (C=O) groups excluding carboxylic acids is 1. The third-order valence-electron chi connectivity index (χ3n) is 3.85. The van der Waals surface area contributed by atoms with E-state index in [1.54, 1.807) is 0 Å². The Hall–Kier alpha value is -1.93.